The van der Waals surface area contributed by atoms with Gasteiger partial charge in [-0.1, -0.05) is 6.92 Å². The fourth-order valence-electron chi connectivity index (χ4n) is 2.59. The van der Waals surface area contributed by atoms with Gasteiger partial charge < -0.3 is 15.4 Å². The number of pyridine rings is 1. The predicted molar refractivity (Wildman–Crippen MR) is 79.6 cm³/mol. The zero-order valence-electron chi connectivity index (χ0n) is 12.6. The molecular weight excluding hydrogens is 238 g/mol. The minimum Gasteiger partial charge on any atom is -0.470 e. The molecule has 1 aromatic rings. The minimum absolute atomic E-state index is 0.288. The molecule has 4 heteroatoms. The molecule has 0 aromatic carbocycles. The summed E-state index contributed by atoms with van der Waals surface area (Å²) in [7, 11) is 0. The van der Waals surface area contributed by atoms with Crippen molar-refractivity contribution in [3.05, 3.63) is 12.1 Å². The van der Waals surface area contributed by atoms with Gasteiger partial charge in [-0.25, -0.2) is 0 Å². The quantitative estimate of drug-likeness (QED) is 0.891. The predicted octanol–water partition coefficient (Wildman–Crippen LogP) is 3.08. The van der Waals surface area contributed by atoms with Crippen LogP contribution in [0, 0.1) is 5.92 Å². The van der Waals surface area contributed by atoms with Gasteiger partial charge in [-0.2, -0.15) is 4.98 Å². The molecule has 106 valence electrons. The molecule has 19 heavy (non-hydrogen) atoms. The maximum absolute atomic E-state index is 5.95. The van der Waals surface area contributed by atoms with Crippen molar-refractivity contribution in [1.29, 1.82) is 0 Å². The van der Waals surface area contributed by atoms with Crippen LogP contribution in [0.2, 0.25) is 0 Å². The lowest BCUT2D eigenvalue weighted by molar-refractivity contribution is 0.125. The maximum Gasteiger partial charge on any atom is 0.239 e. The molecule has 0 spiro atoms. The second-order valence-electron chi connectivity index (χ2n) is 6.62. The van der Waals surface area contributed by atoms with E-state index in [1.54, 1.807) is 0 Å². The Bertz CT molecular complexity index is 453. The Hall–Kier alpha value is -1.45. The van der Waals surface area contributed by atoms with Crippen molar-refractivity contribution in [1.82, 2.24) is 4.98 Å². The number of hydrogen-bond donors (Lipinski definition) is 1. The number of anilines is 2. The zero-order chi connectivity index (χ0) is 14.2. The molecule has 0 amide bonds. The molecule has 2 heterocycles. The topological polar surface area (TPSA) is 51.4 Å². The van der Waals surface area contributed by atoms with Crippen LogP contribution in [-0.4, -0.2) is 23.2 Å². The molecule has 4 nitrogen and oxygen atoms in total. The highest BCUT2D eigenvalue weighted by Crippen LogP contribution is 2.31. The Morgan fingerprint density at radius 2 is 2.00 bits per heavy atom. The number of nitrogens with zero attached hydrogens (tertiary/aromatic N) is 2. The van der Waals surface area contributed by atoms with E-state index in [1.807, 2.05) is 32.9 Å². The monoisotopic (exact) mass is 263 g/mol. The van der Waals surface area contributed by atoms with Crippen molar-refractivity contribution in [2.24, 2.45) is 5.92 Å². The van der Waals surface area contributed by atoms with E-state index in [9.17, 15) is 0 Å². The normalized spacial score (nSPS) is 23.7. The molecule has 1 aromatic heterocycles. The lowest BCUT2D eigenvalue weighted by Crippen LogP contribution is -2.29. The lowest BCUT2D eigenvalue weighted by Gasteiger charge is -2.26. The van der Waals surface area contributed by atoms with E-state index in [0.29, 0.717) is 23.5 Å². The summed E-state index contributed by atoms with van der Waals surface area (Å²) in [5.41, 5.74) is 6.26. The van der Waals surface area contributed by atoms with E-state index in [4.69, 9.17) is 10.5 Å². The highest BCUT2D eigenvalue weighted by Gasteiger charge is 2.27. The van der Waals surface area contributed by atoms with Crippen molar-refractivity contribution in [3.8, 4) is 5.88 Å². The Balaban J connectivity index is 2.26. The molecule has 0 bridgehead atoms. The number of hydrogen-bond acceptors (Lipinski definition) is 4. The van der Waals surface area contributed by atoms with Gasteiger partial charge in [-0.05, 0) is 52.2 Å². The number of rotatable bonds is 2. The van der Waals surface area contributed by atoms with Crippen LogP contribution in [0.1, 0.15) is 41.0 Å². The summed E-state index contributed by atoms with van der Waals surface area (Å²) < 4.78 is 5.83. The highest BCUT2D eigenvalue weighted by atomic mass is 16.5. The van der Waals surface area contributed by atoms with Gasteiger partial charge in [0.05, 0.1) is 5.69 Å². The zero-order valence-corrected chi connectivity index (χ0v) is 12.6. The number of nitrogen functional groups attached to an aromatic ring is 1. The fourth-order valence-corrected chi connectivity index (χ4v) is 2.59. The van der Waals surface area contributed by atoms with E-state index in [-0.39, 0.29) is 5.60 Å². The number of aromatic nitrogens is 1. The minimum atomic E-state index is -0.288. The third-order valence-electron chi connectivity index (χ3n) is 3.36. The smallest absolute Gasteiger partial charge is 0.239 e. The van der Waals surface area contributed by atoms with Crippen molar-refractivity contribution >= 4 is 11.5 Å². The second kappa shape index (κ2) is 4.91. The van der Waals surface area contributed by atoms with Crippen molar-refractivity contribution in [2.45, 2.75) is 52.7 Å². The molecule has 2 N–H and O–H groups in total. The van der Waals surface area contributed by atoms with Crippen LogP contribution in [0.3, 0.4) is 0 Å². The lowest BCUT2D eigenvalue weighted by atomic mass is 10.1. The Kier molecular flexibility index (Phi) is 3.61. The summed E-state index contributed by atoms with van der Waals surface area (Å²) in [5.74, 6) is 2.21. The van der Waals surface area contributed by atoms with Gasteiger partial charge >= 0.3 is 0 Å². The molecule has 1 aliphatic rings. The average molecular weight is 263 g/mol. The van der Waals surface area contributed by atoms with Gasteiger partial charge in [0.2, 0.25) is 5.88 Å². The van der Waals surface area contributed by atoms with Gasteiger partial charge in [-0.3, -0.25) is 0 Å². The van der Waals surface area contributed by atoms with Crippen molar-refractivity contribution in [3.63, 3.8) is 0 Å². The van der Waals surface area contributed by atoms with Gasteiger partial charge in [-0.15, -0.1) is 0 Å². The van der Waals surface area contributed by atoms with E-state index in [1.165, 1.54) is 6.42 Å². The molecule has 0 radical (unpaired) electrons. The molecule has 2 atom stereocenters. The summed E-state index contributed by atoms with van der Waals surface area (Å²) >= 11 is 0. The van der Waals surface area contributed by atoms with E-state index < -0.39 is 0 Å². The van der Waals surface area contributed by atoms with Crippen molar-refractivity contribution in [2.75, 3.05) is 17.2 Å². The molecule has 1 aliphatic heterocycles. The summed E-state index contributed by atoms with van der Waals surface area (Å²) in [6.07, 6.45) is 1.21. The van der Waals surface area contributed by atoms with Crippen LogP contribution >= 0.6 is 0 Å². The third kappa shape index (κ3) is 3.31. The first-order chi connectivity index (χ1) is 8.76. The first-order valence-electron chi connectivity index (χ1n) is 6.98. The number of nitrogens with two attached hydrogens (primary N) is 1. The molecule has 0 aliphatic carbocycles. The maximum atomic E-state index is 5.95. The van der Waals surface area contributed by atoms with Gasteiger partial charge in [0.1, 0.15) is 11.4 Å². The van der Waals surface area contributed by atoms with Crippen LogP contribution in [0.5, 0.6) is 5.88 Å². The highest BCUT2D eigenvalue weighted by molar-refractivity contribution is 5.55. The fraction of sp³-hybridized carbons (Fsp3) is 0.667. The van der Waals surface area contributed by atoms with E-state index >= 15 is 0 Å². The molecule has 2 rings (SSSR count). The molecular formula is C15H25N3O. The third-order valence-corrected chi connectivity index (χ3v) is 3.36. The van der Waals surface area contributed by atoms with Gasteiger partial charge in [0.25, 0.3) is 0 Å². The summed E-state index contributed by atoms with van der Waals surface area (Å²) in [6.45, 7) is 11.6. The van der Waals surface area contributed by atoms with Crippen LogP contribution in [0.25, 0.3) is 0 Å². The van der Waals surface area contributed by atoms with Crippen LogP contribution in [-0.2, 0) is 0 Å². The summed E-state index contributed by atoms with van der Waals surface area (Å²) in [4.78, 5) is 6.94. The average Bonchev–Trinajstić information content (AvgIpc) is 2.59. The molecule has 2 unspecified atom stereocenters. The number of ether oxygens (including phenoxy) is 1. The molecule has 1 fully saturated rings. The van der Waals surface area contributed by atoms with Crippen LogP contribution < -0.4 is 15.4 Å². The van der Waals surface area contributed by atoms with E-state index in [0.717, 1.165) is 12.4 Å². The first kappa shape index (κ1) is 14.0. The summed E-state index contributed by atoms with van der Waals surface area (Å²) in [5, 5.41) is 0. The molecule has 0 saturated carbocycles. The first-order valence-corrected chi connectivity index (χ1v) is 6.98. The van der Waals surface area contributed by atoms with Crippen molar-refractivity contribution < 1.29 is 4.74 Å². The Labute approximate surface area is 116 Å². The second-order valence-corrected chi connectivity index (χ2v) is 6.62. The standard InChI is InChI=1S/C15H25N3O/c1-10-8-11(2)18(9-10)13-7-6-12(16)14(17-13)19-15(3,4)5/h6-7,10-11H,8-9,16H2,1-5H3. The summed E-state index contributed by atoms with van der Waals surface area (Å²) in [6, 6.07) is 4.40. The largest absolute Gasteiger partial charge is 0.470 e. The van der Waals surface area contributed by atoms with E-state index in [2.05, 4.69) is 23.7 Å². The van der Waals surface area contributed by atoms with Gasteiger partial charge in [0.15, 0.2) is 0 Å². The Morgan fingerprint density at radius 3 is 2.53 bits per heavy atom. The SMILES string of the molecule is CC1CC(C)N(c2ccc(N)c(OC(C)(C)C)n2)C1. The molecule has 1 saturated heterocycles. The van der Waals surface area contributed by atoms with Gasteiger partial charge in [0, 0.05) is 12.6 Å². The Morgan fingerprint density at radius 1 is 1.32 bits per heavy atom. The van der Waals surface area contributed by atoms with Crippen LogP contribution in [0.15, 0.2) is 12.1 Å². The van der Waals surface area contributed by atoms with Crippen LogP contribution in [0.4, 0.5) is 11.5 Å².